The maximum atomic E-state index is 12.9. The number of nitrogens with one attached hydrogen (secondary N) is 2. The number of methoxy groups -OCH3 is 1. The minimum absolute atomic E-state index is 0.0506. The summed E-state index contributed by atoms with van der Waals surface area (Å²) in [5, 5.41) is 6.03. The van der Waals surface area contributed by atoms with Crippen LogP contribution >= 0.6 is 23.2 Å². The first-order valence-corrected chi connectivity index (χ1v) is 9.69. The van der Waals surface area contributed by atoms with Crippen molar-refractivity contribution >= 4 is 41.0 Å². The molecule has 0 radical (unpaired) electrons. The van der Waals surface area contributed by atoms with Crippen molar-refractivity contribution in [2.75, 3.05) is 7.11 Å². The molecule has 0 aliphatic carbocycles. The molecule has 2 rings (SSSR count). The molecule has 2 amide bonds. The average Bonchev–Trinajstić information content (AvgIpc) is 2.69. The summed E-state index contributed by atoms with van der Waals surface area (Å²) in [6.45, 7) is 1.33. The van der Waals surface area contributed by atoms with E-state index in [2.05, 4.69) is 10.6 Å². The predicted molar refractivity (Wildman–Crippen MR) is 112 cm³/mol. The van der Waals surface area contributed by atoms with Gasteiger partial charge in [-0.2, -0.15) is 0 Å². The Morgan fingerprint density at radius 2 is 1.52 bits per heavy atom. The van der Waals surface area contributed by atoms with Gasteiger partial charge in [0.25, 0.3) is 0 Å². The smallest absolute Gasteiger partial charge is 0.328 e. The summed E-state index contributed by atoms with van der Waals surface area (Å²) in [5.74, 6) is -1.51. The Balaban J connectivity index is 2.21. The molecule has 0 aliphatic heterocycles. The number of ether oxygens (including phenoxy) is 1. The third-order valence-electron chi connectivity index (χ3n) is 4.25. The highest BCUT2D eigenvalue weighted by atomic mass is 35.5. The van der Waals surface area contributed by atoms with E-state index < -0.39 is 24.0 Å². The topological polar surface area (TPSA) is 84.5 Å². The molecule has 0 heterocycles. The van der Waals surface area contributed by atoms with Crippen molar-refractivity contribution in [3.8, 4) is 0 Å². The van der Waals surface area contributed by atoms with Gasteiger partial charge >= 0.3 is 5.97 Å². The fourth-order valence-electron chi connectivity index (χ4n) is 2.84. The predicted octanol–water partition coefficient (Wildman–Crippen LogP) is 2.94. The Morgan fingerprint density at radius 3 is 2.07 bits per heavy atom. The van der Waals surface area contributed by atoms with Crippen molar-refractivity contribution < 1.29 is 19.1 Å². The maximum absolute atomic E-state index is 12.9. The van der Waals surface area contributed by atoms with E-state index in [4.69, 9.17) is 27.9 Å². The molecule has 0 saturated heterocycles. The van der Waals surface area contributed by atoms with E-state index in [1.807, 2.05) is 30.3 Å². The van der Waals surface area contributed by atoms with Gasteiger partial charge in [0.1, 0.15) is 12.1 Å². The summed E-state index contributed by atoms with van der Waals surface area (Å²) in [6.07, 6.45) is 0.321. The second-order valence-electron chi connectivity index (χ2n) is 6.43. The summed E-state index contributed by atoms with van der Waals surface area (Å²) in [4.78, 5) is 36.7. The average molecular weight is 437 g/mol. The van der Waals surface area contributed by atoms with Crippen LogP contribution in [0.15, 0.2) is 48.5 Å². The van der Waals surface area contributed by atoms with Gasteiger partial charge in [-0.15, -0.1) is 0 Å². The standard InChI is InChI=1S/C21H22Cl2N2O4/c1-13(26)24-18(11-14-7-4-3-5-8-14)20(27)25-19(21(28)29-2)12-15-16(22)9-6-10-17(15)23/h3-10,18-19H,11-12H2,1-2H3,(H,24,26)(H,25,27)/t18-,19-/m0/s1. The Hall–Kier alpha value is -2.57. The van der Waals surface area contributed by atoms with E-state index in [9.17, 15) is 14.4 Å². The number of benzene rings is 2. The van der Waals surface area contributed by atoms with Crippen LogP contribution in [0.1, 0.15) is 18.1 Å². The van der Waals surface area contributed by atoms with Crippen LogP contribution in [0.3, 0.4) is 0 Å². The number of carbonyl (C=O) groups is 3. The number of rotatable bonds is 8. The van der Waals surface area contributed by atoms with Crippen molar-refractivity contribution in [2.24, 2.45) is 0 Å². The van der Waals surface area contributed by atoms with Gasteiger partial charge in [-0.25, -0.2) is 4.79 Å². The number of halogens is 2. The number of esters is 1. The lowest BCUT2D eigenvalue weighted by molar-refractivity contribution is -0.145. The first kappa shape index (κ1) is 22.7. The lowest BCUT2D eigenvalue weighted by Crippen LogP contribution is -2.53. The van der Waals surface area contributed by atoms with Crippen LogP contribution in [0.5, 0.6) is 0 Å². The minimum Gasteiger partial charge on any atom is -0.467 e. The van der Waals surface area contributed by atoms with E-state index in [1.165, 1.54) is 14.0 Å². The maximum Gasteiger partial charge on any atom is 0.328 e. The largest absolute Gasteiger partial charge is 0.467 e. The normalized spacial score (nSPS) is 12.6. The van der Waals surface area contributed by atoms with E-state index in [0.29, 0.717) is 15.6 Å². The van der Waals surface area contributed by atoms with Crippen molar-refractivity contribution in [3.63, 3.8) is 0 Å². The first-order valence-electron chi connectivity index (χ1n) is 8.94. The van der Waals surface area contributed by atoms with Crippen LogP contribution in [0.25, 0.3) is 0 Å². The number of carbonyl (C=O) groups excluding carboxylic acids is 3. The van der Waals surface area contributed by atoms with E-state index in [0.717, 1.165) is 5.56 Å². The second-order valence-corrected chi connectivity index (χ2v) is 7.25. The molecule has 2 aromatic carbocycles. The van der Waals surface area contributed by atoms with Crippen LogP contribution in [-0.4, -0.2) is 37.0 Å². The quantitative estimate of drug-likeness (QED) is 0.622. The highest BCUT2D eigenvalue weighted by Gasteiger charge is 2.28. The van der Waals surface area contributed by atoms with E-state index in [1.54, 1.807) is 18.2 Å². The second kappa shape index (κ2) is 10.8. The Kier molecular flexibility index (Phi) is 8.49. The monoisotopic (exact) mass is 436 g/mol. The molecule has 6 nitrogen and oxygen atoms in total. The molecule has 154 valence electrons. The number of hydrogen-bond donors (Lipinski definition) is 2. The zero-order valence-corrected chi connectivity index (χ0v) is 17.6. The number of amides is 2. The third-order valence-corrected chi connectivity index (χ3v) is 4.96. The van der Waals surface area contributed by atoms with Gasteiger partial charge in [0.05, 0.1) is 7.11 Å². The summed E-state index contributed by atoms with van der Waals surface area (Å²) in [6, 6.07) is 12.4. The molecule has 0 spiro atoms. The highest BCUT2D eigenvalue weighted by molar-refractivity contribution is 6.36. The summed E-state index contributed by atoms with van der Waals surface area (Å²) >= 11 is 12.4. The Labute approximate surface area is 179 Å². The lowest BCUT2D eigenvalue weighted by atomic mass is 10.0. The van der Waals surface area contributed by atoms with Gasteiger partial charge in [-0.1, -0.05) is 59.6 Å². The number of hydrogen-bond acceptors (Lipinski definition) is 4. The Morgan fingerprint density at radius 1 is 0.897 bits per heavy atom. The van der Waals surface area contributed by atoms with Crippen LogP contribution in [0.2, 0.25) is 10.0 Å². The van der Waals surface area contributed by atoms with Gasteiger partial charge in [0, 0.05) is 29.8 Å². The van der Waals surface area contributed by atoms with Crippen LogP contribution in [0, 0.1) is 0 Å². The zero-order chi connectivity index (χ0) is 21.4. The molecule has 0 bridgehead atoms. The first-order chi connectivity index (χ1) is 13.8. The lowest BCUT2D eigenvalue weighted by Gasteiger charge is -2.22. The summed E-state index contributed by atoms with van der Waals surface area (Å²) in [7, 11) is 1.23. The third kappa shape index (κ3) is 6.76. The van der Waals surface area contributed by atoms with Gasteiger partial charge in [-0.3, -0.25) is 9.59 Å². The summed E-state index contributed by atoms with van der Waals surface area (Å²) in [5.41, 5.74) is 1.39. The molecule has 2 N–H and O–H groups in total. The van der Waals surface area contributed by atoms with Crippen molar-refractivity contribution in [1.82, 2.24) is 10.6 Å². The SMILES string of the molecule is COC(=O)[C@H](Cc1c(Cl)cccc1Cl)NC(=O)[C@H](Cc1ccccc1)NC(C)=O. The van der Waals surface area contributed by atoms with Gasteiger partial charge in [0.2, 0.25) is 11.8 Å². The van der Waals surface area contributed by atoms with Crippen LogP contribution in [0.4, 0.5) is 0 Å². The molecule has 2 atom stereocenters. The highest BCUT2D eigenvalue weighted by Crippen LogP contribution is 2.25. The van der Waals surface area contributed by atoms with Crippen molar-refractivity contribution in [3.05, 3.63) is 69.7 Å². The molecule has 0 fully saturated rings. The van der Waals surface area contributed by atoms with Gasteiger partial charge in [-0.05, 0) is 23.3 Å². The molecule has 0 aromatic heterocycles. The Bertz CT molecular complexity index is 854. The van der Waals surface area contributed by atoms with E-state index in [-0.39, 0.29) is 18.7 Å². The van der Waals surface area contributed by atoms with Gasteiger partial charge in [0.15, 0.2) is 0 Å². The molecular formula is C21H22Cl2N2O4. The fraction of sp³-hybridized carbons (Fsp3) is 0.286. The molecule has 29 heavy (non-hydrogen) atoms. The van der Waals surface area contributed by atoms with Crippen LogP contribution in [-0.2, 0) is 32.0 Å². The van der Waals surface area contributed by atoms with Crippen molar-refractivity contribution in [2.45, 2.75) is 31.8 Å². The van der Waals surface area contributed by atoms with Crippen molar-refractivity contribution in [1.29, 1.82) is 0 Å². The molecule has 0 saturated carbocycles. The zero-order valence-electron chi connectivity index (χ0n) is 16.1. The fourth-order valence-corrected chi connectivity index (χ4v) is 3.40. The van der Waals surface area contributed by atoms with Crippen LogP contribution < -0.4 is 10.6 Å². The van der Waals surface area contributed by atoms with E-state index >= 15 is 0 Å². The molecule has 2 aromatic rings. The molecular weight excluding hydrogens is 415 g/mol. The van der Waals surface area contributed by atoms with Gasteiger partial charge < -0.3 is 15.4 Å². The minimum atomic E-state index is -1.02. The molecule has 0 aliphatic rings. The summed E-state index contributed by atoms with van der Waals surface area (Å²) < 4.78 is 4.82. The molecule has 8 heteroatoms. The molecule has 0 unspecified atom stereocenters.